The summed E-state index contributed by atoms with van der Waals surface area (Å²) in [6.45, 7) is 3.69. The highest BCUT2D eigenvalue weighted by atomic mass is 16.5. The summed E-state index contributed by atoms with van der Waals surface area (Å²) in [6.07, 6.45) is 32.3. The third-order valence-corrected chi connectivity index (χ3v) is 23.6. The normalized spacial score (nSPS) is 25.6. The van der Waals surface area contributed by atoms with Crippen molar-refractivity contribution < 1.29 is 101 Å². The number of ether oxygens (including phenoxy) is 1. The van der Waals surface area contributed by atoms with Crippen LogP contribution in [0.25, 0.3) is 0 Å². The Hall–Kier alpha value is -6.76. The number of aliphatic hydroxyl groups excluding tert-OH is 12. The van der Waals surface area contributed by atoms with Crippen LogP contribution >= 0.6 is 0 Å². The zero-order valence-corrected chi connectivity index (χ0v) is 68.5. The molecule has 0 spiro atoms. The van der Waals surface area contributed by atoms with Crippen LogP contribution in [0.4, 0.5) is 0 Å². The van der Waals surface area contributed by atoms with Crippen molar-refractivity contribution in [2.45, 2.75) is 324 Å². The van der Waals surface area contributed by atoms with Gasteiger partial charge < -0.3 is 81.3 Å². The SMILES string of the molecule is CC(C)OC(=O)CCC/C=C\C[C@@H]1[C@@H](CC[C@@H](O)CCc2ccccc2)[C@H](O)C[C@@H]1O.O=C(O)CCC/C=C\C[C@@H]1[C@@H](CC[C@@H](O)CCc2ccccc2)[C@H](O)C[C@@H]1O.O=C(O)CCC/C=C\C[C@@H]1[C@@H](CC[C@@H](O)CCc2ccccc2)[C@H](O)C[C@@H]1O.O=C(O)CCC/C=C\C[C@@H]1[C@@H](CC[C@@H](O)CCc2ccccc2)[C@H](O)C[C@@H]1O. The topological polar surface area (TPSA) is 381 Å². The number of allylic oxidation sites excluding steroid dienone is 8. The Morgan fingerprint density at radius 2 is 0.522 bits per heavy atom. The molecular formula is C95H142O20. The molecule has 8 rings (SSSR count). The second-order valence-electron chi connectivity index (χ2n) is 32.9. The quantitative estimate of drug-likeness (QED) is 0.0111. The number of carbonyl (C=O) groups is 4. The molecule has 0 aliphatic heterocycles. The van der Waals surface area contributed by atoms with E-state index in [2.05, 4.69) is 54.6 Å². The standard InChI is InChI=1S/C26H40O5.3C23H34O5/c1-19(2)31-26(30)13-9-4-3-8-12-22-23(25(29)18-24(22)28)17-16-21(27)15-14-20-10-6-5-7-11-20;3*24-18(13-12-17-8-4-3-5-9-17)14-15-20-19(21(25)16-22(20)26)10-6-1-2-7-11-23(27)28/h3,5-8,10-11,19,21-25,27-29H,4,9,12-18H2,1-2H3;3*1,3-6,8-9,18-22,24-26H,2,7,10-16H2,(H,27,28)/b8-3-;3*6-1-/t21-,22+,23+,24-,25+;3*18-,19+,20+,21-,22+/m0000/s1. The fourth-order valence-electron chi connectivity index (χ4n) is 16.9. The third kappa shape index (κ3) is 41.5. The maximum atomic E-state index is 11.5. The van der Waals surface area contributed by atoms with Gasteiger partial charge in [0.05, 0.1) is 79.4 Å². The van der Waals surface area contributed by atoms with Crippen molar-refractivity contribution in [1.29, 1.82) is 0 Å². The van der Waals surface area contributed by atoms with Gasteiger partial charge in [0.25, 0.3) is 0 Å². The smallest absolute Gasteiger partial charge is 0.306 e. The van der Waals surface area contributed by atoms with Gasteiger partial charge in [-0.05, 0) is 289 Å². The molecule has 4 fully saturated rings. The fourth-order valence-corrected chi connectivity index (χ4v) is 16.9. The van der Waals surface area contributed by atoms with E-state index in [1.165, 1.54) is 22.3 Å². The molecule has 0 amide bonds. The van der Waals surface area contributed by atoms with E-state index in [9.17, 15) is 80.5 Å². The molecule has 115 heavy (non-hydrogen) atoms. The Kier molecular flexibility index (Phi) is 49.3. The van der Waals surface area contributed by atoms with Crippen molar-refractivity contribution in [3.63, 3.8) is 0 Å². The molecule has 15 N–H and O–H groups in total. The van der Waals surface area contributed by atoms with Gasteiger partial charge >= 0.3 is 23.9 Å². The molecule has 0 heterocycles. The Morgan fingerprint density at radius 3 is 0.730 bits per heavy atom. The van der Waals surface area contributed by atoms with Crippen LogP contribution in [0.5, 0.6) is 0 Å². The maximum absolute atomic E-state index is 11.5. The molecule has 0 bridgehead atoms. The number of unbranched alkanes of at least 4 members (excludes halogenated alkanes) is 4. The summed E-state index contributed by atoms with van der Waals surface area (Å²) < 4.78 is 5.12. The zero-order valence-electron chi connectivity index (χ0n) is 68.5. The van der Waals surface area contributed by atoms with E-state index >= 15 is 0 Å². The fraction of sp³-hybridized carbons (Fsp3) is 0.621. The number of carboxylic acids is 3. The molecule has 20 nitrogen and oxygen atoms in total. The van der Waals surface area contributed by atoms with Gasteiger partial charge in [0, 0.05) is 25.7 Å². The summed E-state index contributed by atoms with van der Waals surface area (Å²) in [4.78, 5) is 43.1. The van der Waals surface area contributed by atoms with Crippen LogP contribution in [0.15, 0.2) is 170 Å². The van der Waals surface area contributed by atoms with Crippen LogP contribution in [-0.4, -0.2) is 180 Å². The van der Waals surface area contributed by atoms with Crippen LogP contribution in [0, 0.1) is 47.3 Å². The number of hydrogen-bond acceptors (Lipinski definition) is 17. The van der Waals surface area contributed by atoms with Crippen LogP contribution in [0.3, 0.4) is 0 Å². The van der Waals surface area contributed by atoms with E-state index in [-0.39, 0.29) is 78.7 Å². The largest absolute Gasteiger partial charge is 0.481 e. The van der Waals surface area contributed by atoms with Gasteiger partial charge in [0.2, 0.25) is 0 Å². The highest BCUT2D eigenvalue weighted by Gasteiger charge is 2.44. The zero-order chi connectivity index (χ0) is 83.7. The van der Waals surface area contributed by atoms with Crippen LogP contribution in [0.2, 0.25) is 0 Å². The maximum Gasteiger partial charge on any atom is 0.306 e. The van der Waals surface area contributed by atoms with E-state index in [1.807, 2.05) is 129 Å². The number of benzene rings is 4. The summed E-state index contributed by atoms with van der Waals surface area (Å²) in [5, 5.41) is 150. The Morgan fingerprint density at radius 1 is 0.313 bits per heavy atom. The van der Waals surface area contributed by atoms with Crippen molar-refractivity contribution in [3.05, 3.63) is 192 Å². The second-order valence-corrected chi connectivity index (χ2v) is 32.9. The van der Waals surface area contributed by atoms with Gasteiger partial charge in [0.1, 0.15) is 0 Å². The molecule has 20 atom stereocenters. The second kappa shape index (κ2) is 57.4. The van der Waals surface area contributed by atoms with E-state index in [1.54, 1.807) is 0 Å². The van der Waals surface area contributed by atoms with Gasteiger partial charge in [-0.15, -0.1) is 0 Å². The van der Waals surface area contributed by atoms with Crippen molar-refractivity contribution in [1.82, 2.24) is 0 Å². The average Bonchev–Trinajstić information content (AvgIpc) is 1.71. The number of aryl methyl sites for hydroxylation is 4. The minimum atomic E-state index is -0.784. The lowest BCUT2D eigenvalue weighted by Gasteiger charge is -2.23. The number of aliphatic hydroxyl groups is 12. The van der Waals surface area contributed by atoms with Crippen LogP contribution < -0.4 is 0 Å². The number of aliphatic carboxylic acids is 3. The average molecular weight is 1600 g/mol. The number of esters is 1. The van der Waals surface area contributed by atoms with Crippen LogP contribution in [-0.2, 0) is 49.6 Å². The van der Waals surface area contributed by atoms with E-state index < -0.39 is 91.2 Å². The first kappa shape index (κ1) is 98.8. The van der Waals surface area contributed by atoms with Crippen molar-refractivity contribution in [3.8, 4) is 0 Å². The lowest BCUT2D eigenvalue weighted by Crippen LogP contribution is -2.23. The Labute approximate surface area is 684 Å². The summed E-state index contributed by atoms with van der Waals surface area (Å²) >= 11 is 0. The van der Waals surface area contributed by atoms with Gasteiger partial charge in [-0.25, -0.2) is 0 Å². The van der Waals surface area contributed by atoms with Gasteiger partial charge in [-0.3, -0.25) is 19.2 Å². The molecule has 4 aromatic rings. The van der Waals surface area contributed by atoms with Gasteiger partial charge in [-0.1, -0.05) is 170 Å². The lowest BCUT2D eigenvalue weighted by molar-refractivity contribution is -0.147. The van der Waals surface area contributed by atoms with Crippen LogP contribution in [0.1, 0.15) is 242 Å². The first-order valence-corrected chi connectivity index (χ1v) is 43.0. The molecule has 4 aliphatic rings. The molecule has 0 unspecified atom stereocenters. The van der Waals surface area contributed by atoms with Gasteiger partial charge in [0.15, 0.2) is 0 Å². The number of rotatable bonds is 49. The predicted octanol–water partition coefficient (Wildman–Crippen LogP) is 14.1. The first-order chi connectivity index (χ1) is 55.3. The molecule has 0 saturated heterocycles. The molecular weight excluding hydrogens is 1460 g/mol. The third-order valence-electron chi connectivity index (χ3n) is 23.6. The Bertz CT molecular complexity index is 3080. The number of carbonyl (C=O) groups excluding carboxylic acids is 1. The Balaban J connectivity index is 0.000000274. The minimum absolute atomic E-state index is 0.00652. The van der Waals surface area contributed by atoms with E-state index in [0.29, 0.717) is 173 Å². The highest BCUT2D eigenvalue weighted by molar-refractivity contribution is 5.69. The molecule has 642 valence electrons. The number of hydrogen-bond donors (Lipinski definition) is 15. The van der Waals surface area contributed by atoms with Crippen molar-refractivity contribution in [2.75, 3.05) is 0 Å². The summed E-state index contributed by atoms with van der Waals surface area (Å²) in [5.74, 6) is -2.55. The lowest BCUT2D eigenvalue weighted by atomic mass is 9.85. The van der Waals surface area contributed by atoms with E-state index in [0.717, 1.165) is 38.5 Å². The highest BCUT2D eigenvalue weighted by Crippen LogP contribution is 2.42. The molecule has 4 aromatic carbocycles. The minimum Gasteiger partial charge on any atom is -0.481 e. The number of carboxylic acid groups (broad SMARTS) is 3. The summed E-state index contributed by atoms with van der Waals surface area (Å²) in [5.41, 5.74) is 4.86. The predicted molar refractivity (Wildman–Crippen MR) is 449 cm³/mol. The molecule has 4 aliphatic carbocycles. The summed E-state index contributed by atoms with van der Waals surface area (Å²) in [6, 6.07) is 40.4. The monoisotopic (exact) mass is 1600 g/mol. The van der Waals surface area contributed by atoms with E-state index in [4.69, 9.17) is 20.1 Å². The van der Waals surface area contributed by atoms with Crippen molar-refractivity contribution in [2.24, 2.45) is 47.3 Å². The molecule has 0 aromatic heterocycles. The molecule has 0 radical (unpaired) electrons. The van der Waals surface area contributed by atoms with Crippen molar-refractivity contribution >= 4 is 23.9 Å². The molecule has 4 saturated carbocycles. The molecule has 20 heteroatoms. The first-order valence-electron chi connectivity index (χ1n) is 43.0. The van der Waals surface area contributed by atoms with Gasteiger partial charge in [-0.2, -0.15) is 0 Å². The summed E-state index contributed by atoms with van der Waals surface area (Å²) in [7, 11) is 0.